The van der Waals surface area contributed by atoms with Crippen LogP contribution in [0, 0.1) is 53.8 Å². The summed E-state index contributed by atoms with van der Waals surface area (Å²) in [6.07, 6.45) is 26.4. The van der Waals surface area contributed by atoms with E-state index in [4.69, 9.17) is 0 Å². The van der Waals surface area contributed by atoms with Crippen molar-refractivity contribution in [2.45, 2.75) is 146 Å². The monoisotopic (exact) mass is 657 g/mol. The Hall–Kier alpha value is 0.342. The molecule has 9 rings (SSSR count). The predicted molar refractivity (Wildman–Crippen MR) is 157 cm³/mol. The Morgan fingerprint density at radius 1 is 0.317 bits per heavy atom. The largest absolute Gasteiger partial charge is 0.322 e. The molecule has 16 atom stereocenters. The van der Waals surface area contributed by atoms with E-state index in [9.17, 15) is 0 Å². The smallest absolute Gasteiger partial charge is 0.0628 e. The van der Waals surface area contributed by atoms with Gasteiger partial charge in [-0.3, -0.25) is 42.5 Å². The van der Waals surface area contributed by atoms with E-state index in [-0.39, 0.29) is 20.4 Å². The molecule has 0 amide bonds. The first kappa shape index (κ1) is 28.8. The molecule has 5 aliphatic heterocycles. The summed E-state index contributed by atoms with van der Waals surface area (Å²) >= 11 is 0. The molecule has 9 aliphatic rings. The van der Waals surface area contributed by atoms with Crippen molar-refractivity contribution in [3.8, 4) is 0 Å². The first-order valence-electron chi connectivity index (χ1n) is 17.7. The van der Waals surface area contributed by atoms with Gasteiger partial charge in [0.15, 0.2) is 0 Å². The molecule has 9 heteroatoms. The predicted octanol–water partition coefficient (Wildman–Crippen LogP) is 2.42. The summed E-state index contributed by atoms with van der Waals surface area (Å²) in [5.41, 5.74) is 0. The fraction of sp³-hybridized carbons (Fsp3) is 0.969. The van der Waals surface area contributed by atoms with Gasteiger partial charge in [-0.25, -0.2) is 0 Å². The molecular weight excluding hydrogens is 603 g/mol. The average Bonchev–Trinajstić information content (AvgIpc) is 3.73. The molecular formula is C32H55N8Pd-. The molecule has 0 radical (unpaired) electrons. The van der Waals surface area contributed by atoms with Crippen LogP contribution in [0.1, 0.15) is 96.3 Å². The summed E-state index contributed by atoms with van der Waals surface area (Å²) in [5, 5.41) is 33.7. The summed E-state index contributed by atoms with van der Waals surface area (Å²) in [5.74, 6) is 5.74. The Kier molecular flexibility index (Phi) is 8.38. The molecule has 0 spiro atoms. The maximum atomic E-state index is 4.25. The molecule has 4 aliphatic carbocycles. The van der Waals surface area contributed by atoms with E-state index in [2.05, 4.69) is 49.0 Å². The summed E-state index contributed by atoms with van der Waals surface area (Å²) in [6.45, 7) is 0. The zero-order valence-electron chi connectivity index (χ0n) is 24.7. The second-order valence-electron chi connectivity index (χ2n) is 15.4. The van der Waals surface area contributed by atoms with Gasteiger partial charge >= 0.3 is 0 Å². The van der Waals surface area contributed by atoms with Crippen LogP contribution in [0.15, 0.2) is 0 Å². The summed E-state index contributed by atoms with van der Waals surface area (Å²) in [6, 6.07) is 0. The van der Waals surface area contributed by atoms with Crippen LogP contribution >= 0.6 is 0 Å². The zero-order chi connectivity index (χ0) is 26.2. The minimum atomic E-state index is 0. The van der Waals surface area contributed by atoms with Crippen LogP contribution in [-0.4, -0.2) is 49.3 Å². The minimum Gasteiger partial charge on any atom is -0.322 e. The van der Waals surface area contributed by atoms with Gasteiger partial charge in [-0.05, 0) is 80.0 Å². The van der Waals surface area contributed by atoms with Crippen molar-refractivity contribution < 1.29 is 20.4 Å². The van der Waals surface area contributed by atoms with Crippen molar-refractivity contribution in [2.24, 2.45) is 47.3 Å². The third-order valence-corrected chi connectivity index (χ3v) is 13.6. The Balaban J connectivity index is 0.00000256. The van der Waals surface area contributed by atoms with E-state index in [1.807, 2.05) is 0 Å². The summed E-state index contributed by atoms with van der Waals surface area (Å²) in [7, 11) is 0. The number of rotatable bonds is 0. The second-order valence-corrected chi connectivity index (χ2v) is 15.4. The van der Waals surface area contributed by atoms with Gasteiger partial charge in [0.1, 0.15) is 0 Å². The van der Waals surface area contributed by atoms with Gasteiger partial charge in [0.2, 0.25) is 0 Å². The van der Waals surface area contributed by atoms with Crippen molar-refractivity contribution in [3.63, 3.8) is 0 Å². The first-order valence-corrected chi connectivity index (χ1v) is 17.7. The van der Waals surface area contributed by atoms with Crippen LogP contribution in [0.3, 0.4) is 0 Å². The standard InChI is InChI=1S/C32H55N8.Pd/c1-2-10-18-17(9-1)25-33-26(18)38-28-21-13-5-6-14-22(21)30(35-28)40-32-24-16-8-7-15-23(24)31(36-32)39-29-20-12-4-3-11-19(20)27(34-29)37-25;/h9,17-40H,1-8,10-16H2;/q-1;. The molecule has 8 nitrogen and oxygen atoms in total. The Morgan fingerprint density at radius 2 is 0.585 bits per heavy atom. The Morgan fingerprint density at radius 3 is 0.927 bits per heavy atom. The molecule has 8 N–H and O–H groups in total. The van der Waals surface area contributed by atoms with Gasteiger partial charge in [-0.1, -0.05) is 51.4 Å². The number of hydrogen-bond donors (Lipinski definition) is 8. The van der Waals surface area contributed by atoms with Crippen LogP contribution in [0.25, 0.3) is 0 Å². The van der Waals surface area contributed by atoms with E-state index in [0.717, 1.165) is 35.5 Å². The van der Waals surface area contributed by atoms with Crippen LogP contribution < -0.4 is 42.5 Å². The normalized spacial score (nSPS) is 56.2. The summed E-state index contributed by atoms with van der Waals surface area (Å²) in [4.78, 5) is 0. The first-order chi connectivity index (χ1) is 19.8. The number of fused-ring (bicyclic) bond motifs is 20. The zero-order valence-corrected chi connectivity index (χ0v) is 26.3. The number of hydrogen-bond acceptors (Lipinski definition) is 8. The van der Waals surface area contributed by atoms with E-state index < -0.39 is 0 Å². The van der Waals surface area contributed by atoms with Gasteiger partial charge in [0.05, 0.1) is 43.2 Å². The van der Waals surface area contributed by atoms with Crippen LogP contribution in [0.4, 0.5) is 0 Å². The quantitative estimate of drug-likeness (QED) is 0.149. The van der Waals surface area contributed by atoms with Gasteiger partial charge in [-0.2, -0.15) is 6.42 Å². The minimum absolute atomic E-state index is 0. The molecule has 16 unspecified atom stereocenters. The van der Waals surface area contributed by atoms with Gasteiger partial charge in [0.25, 0.3) is 0 Å². The molecule has 41 heavy (non-hydrogen) atoms. The number of nitrogens with one attached hydrogen (secondary N) is 8. The fourth-order valence-electron chi connectivity index (χ4n) is 11.7. The second kappa shape index (κ2) is 11.9. The van der Waals surface area contributed by atoms with Crippen molar-refractivity contribution in [2.75, 3.05) is 0 Å². The fourth-order valence-corrected chi connectivity index (χ4v) is 11.7. The van der Waals surface area contributed by atoms with Gasteiger partial charge in [-0.15, -0.1) is 5.92 Å². The van der Waals surface area contributed by atoms with E-state index in [1.165, 1.54) is 96.3 Å². The maximum absolute atomic E-state index is 4.25. The molecule has 0 aromatic carbocycles. The maximum Gasteiger partial charge on any atom is 0.0628 e. The molecule has 5 saturated heterocycles. The Bertz CT molecular complexity index is 716. The van der Waals surface area contributed by atoms with E-state index in [0.29, 0.717) is 61.2 Å². The third-order valence-electron chi connectivity index (χ3n) is 13.6. The van der Waals surface area contributed by atoms with Crippen molar-refractivity contribution in [1.29, 1.82) is 0 Å². The van der Waals surface area contributed by atoms with Crippen molar-refractivity contribution in [1.82, 2.24) is 42.5 Å². The Labute approximate surface area is 261 Å². The third kappa shape index (κ3) is 5.05. The van der Waals surface area contributed by atoms with Crippen LogP contribution in [0.5, 0.6) is 0 Å². The molecule has 0 aromatic rings. The summed E-state index contributed by atoms with van der Waals surface area (Å²) < 4.78 is 0. The topological polar surface area (TPSA) is 96.2 Å². The van der Waals surface area contributed by atoms with Crippen molar-refractivity contribution in [3.05, 3.63) is 6.42 Å². The molecule has 5 heterocycles. The van der Waals surface area contributed by atoms with Crippen LogP contribution in [0.2, 0.25) is 0 Å². The molecule has 8 bridgehead atoms. The molecule has 4 saturated carbocycles. The SMILES string of the molecule is [CH-]1CCCC2C3NC(NC4NC(NC5NC(NC6NC(N3)C3CCCCC63)C3CCCCC53)C3CCCCC43)C12.[Pd]. The molecule has 0 aromatic heterocycles. The average molecular weight is 658 g/mol. The molecule has 234 valence electrons. The van der Waals surface area contributed by atoms with Gasteiger partial charge in [0, 0.05) is 26.6 Å². The van der Waals surface area contributed by atoms with Crippen LogP contribution in [-0.2, 0) is 20.4 Å². The van der Waals surface area contributed by atoms with E-state index in [1.54, 1.807) is 0 Å². The molecule has 9 fully saturated rings. The van der Waals surface area contributed by atoms with E-state index >= 15 is 0 Å². The van der Waals surface area contributed by atoms with Crippen molar-refractivity contribution >= 4 is 0 Å². The van der Waals surface area contributed by atoms with Gasteiger partial charge < -0.3 is 6.42 Å².